The fraction of sp³-hybridized carbons (Fsp3) is 0.423. The van der Waals surface area contributed by atoms with Crippen LogP contribution in [-0.4, -0.2) is 47.2 Å². The first-order valence-electron chi connectivity index (χ1n) is 12.0. The van der Waals surface area contributed by atoms with E-state index in [1.807, 2.05) is 38.5 Å². The minimum Gasteiger partial charge on any atom is -0.495 e. The number of hydrogen-bond acceptors (Lipinski definition) is 7. The van der Waals surface area contributed by atoms with Gasteiger partial charge in [0.2, 0.25) is 0 Å². The van der Waals surface area contributed by atoms with Gasteiger partial charge < -0.3 is 25.7 Å². The Morgan fingerprint density at radius 2 is 1.79 bits per heavy atom. The lowest BCUT2D eigenvalue weighted by Gasteiger charge is -2.23. The number of benzene rings is 1. The first kappa shape index (κ1) is 23.8. The number of hydrogen-bond donors (Lipinski definition) is 4. The SMILES string of the molecule is CNC.COc1ccc(CNc2cnc3ccc(NC4CCCCC4)nc3n2)c2c(C)c[nH]c12. The number of fused-ring (bicyclic) bond motifs is 2. The number of methoxy groups -OCH3 is 1. The molecular formula is C26H35N7O. The van der Waals surface area contributed by atoms with Crippen molar-refractivity contribution in [1.29, 1.82) is 0 Å². The standard InChI is InChI=1S/C24H28N6O.C2H7N/c1-15-12-27-23-19(31-2)10-8-16(22(15)23)13-26-21-14-25-18-9-11-20(29-24(18)30-21)28-17-6-4-3-5-7-17;1-3-2/h8-12,14,17,27H,3-7,13H2,1-2H3,(H2,26,28,29,30);3H,1-2H3. The van der Waals surface area contributed by atoms with Gasteiger partial charge >= 0.3 is 0 Å². The highest BCUT2D eigenvalue weighted by Crippen LogP contribution is 2.30. The van der Waals surface area contributed by atoms with E-state index in [0.29, 0.717) is 24.1 Å². The average Bonchev–Trinajstić information content (AvgIpc) is 3.25. The van der Waals surface area contributed by atoms with Crippen molar-refractivity contribution >= 4 is 33.7 Å². The molecule has 0 radical (unpaired) electrons. The molecule has 0 bridgehead atoms. The van der Waals surface area contributed by atoms with Crippen LogP contribution in [0.1, 0.15) is 43.2 Å². The molecular weight excluding hydrogens is 426 g/mol. The third kappa shape index (κ3) is 5.39. The number of pyridine rings is 1. The maximum atomic E-state index is 5.48. The van der Waals surface area contributed by atoms with E-state index in [-0.39, 0.29) is 0 Å². The van der Waals surface area contributed by atoms with Crippen LogP contribution in [0.15, 0.2) is 36.7 Å². The Morgan fingerprint density at radius 3 is 2.56 bits per heavy atom. The number of nitrogens with zero attached hydrogens (tertiary/aromatic N) is 3. The van der Waals surface area contributed by atoms with Crippen LogP contribution >= 0.6 is 0 Å². The first-order valence-corrected chi connectivity index (χ1v) is 12.0. The number of H-pyrrole nitrogens is 1. The molecule has 0 atom stereocenters. The molecule has 0 spiro atoms. The van der Waals surface area contributed by atoms with Crippen molar-refractivity contribution in [3.8, 4) is 5.75 Å². The Morgan fingerprint density at radius 1 is 1.03 bits per heavy atom. The molecule has 4 N–H and O–H groups in total. The van der Waals surface area contributed by atoms with Gasteiger partial charge in [-0.3, -0.25) is 0 Å². The van der Waals surface area contributed by atoms with Crippen molar-refractivity contribution in [2.45, 2.75) is 51.6 Å². The van der Waals surface area contributed by atoms with E-state index in [4.69, 9.17) is 14.7 Å². The number of aromatic nitrogens is 4. The smallest absolute Gasteiger partial charge is 0.182 e. The molecule has 0 unspecified atom stereocenters. The quantitative estimate of drug-likeness (QED) is 0.320. The lowest BCUT2D eigenvalue weighted by Crippen LogP contribution is -2.22. The molecule has 3 aromatic heterocycles. The Balaban J connectivity index is 0.000000868. The second-order valence-corrected chi connectivity index (χ2v) is 8.78. The zero-order valence-corrected chi connectivity index (χ0v) is 20.5. The molecule has 0 aliphatic heterocycles. The van der Waals surface area contributed by atoms with E-state index in [1.165, 1.54) is 48.6 Å². The number of aryl methyl sites for hydroxylation is 1. The van der Waals surface area contributed by atoms with Crippen LogP contribution in [0, 0.1) is 6.92 Å². The predicted molar refractivity (Wildman–Crippen MR) is 140 cm³/mol. The minimum atomic E-state index is 0.509. The molecule has 8 nitrogen and oxygen atoms in total. The van der Waals surface area contributed by atoms with E-state index in [0.717, 1.165) is 22.6 Å². The van der Waals surface area contributed by atoms with Crippen LogP contribution in [-0.2, 0) is 6.54 Å². The van der Waals surface area contributed by atoms with Crippen molar-refractivity contribution in [3.05, 3.63) is 47.8 Å². The summed E-state index contributed by atoms with van der Waals surface area (Å²) in [6.45, 7) is 2.74. The van der Waals surface area contributed by atoms with Gasteiger partial charge in [-0.05, 0) is 63.2 Å². The molecule has 0 amide bonds. The molecule has 1 fully saturated rings. The van der Waals surface area contributed by atoms with Crippen molar-refractivity contribution in [3.63, 3.8) is 0 Å². The summed E-state index contributed by atoms with van der Waals surface area (Å²) in [5, 5.41) is 10.9. The summed E-state index contributed by atoms with van der Waals surface area (Å²) in [4.78, 5) is 17.3. The Bertz CT molecular complexity index is 1230. The van der Waals surface area contributed by atoms with Crippen molar-refractivity contribution in [2.75, 3.05) is 31.8 Å². The van der Waals surface area contributed by atoms with Gasteiger partial charge in [-0.2, -0.15) is 0 Å². The molecule has 1 aliphatic carbocycles. The normalized spacial score (nSPS) is 14.0. The number of ether oxygens (including phenoxy) is 1. The van der Waals surface area contributed by atoms with Crippen LogP contribution in [0.2, 0.25) is 0 Å². The summed E-state index contributed by atoms with van der Waals surface area (Å²) in [6, 6.07) is 8.58. The van der Waals surface area contributed by atoms with Gasteiger partial charge in [0.25, 0.3) is 0 Å². The van der Waals surface area contributed by atoms with E-state index in [9.17, 15) is 0 Å². The van der Waals surface area contributed by atoms with Gasteiger partial charge in [-0.25, -0.2) is 15.0 Å². The Kier molecular flexibility index (Phi) is 7.80. The summed E-state index contributed by atoms with van der Waals surface area (Å²) in [5.41, 5.74) is 4.84. The minimum absolute atomic E-state index is 0.509. The number of rotatable bonds is 6. The number of anilines is 2. The van der Waals surface area contributed by atoms with Gasteiger partial charge in [0.15, 0.2) is 5.65 Å². The van der Waals surface area contributed by atoms with Gasteiger partial charge in [0.1, 0.15) is 22.9 Å². The van der Waals surface area contributed by atoms with Crippen LogP contribution in [0.4, 0.5) is 11.6 Å². The first-order chi connectivity index (χ1) is 16.6. The molecule has 0 saturated heterocycles. The van der Waals surface area contributed by atoms with Crippen LogP contribution in [0.25, 0.3) is 22.1 Å². The van der Waals surface area contributed by atoms with E-state index >= 15 is 0 Å². The molecule has 8 heteroatoms. The Hall–Kier alpha value is -3.39. The largest absolute Gasteiger partial charge is 0.495 e. The molecule has 34 heavy (non-hydrogen) atoms. The van der Waals surface area contributed by atoms with Gasteiger partial charge in [-0.15, -0.1) is 0 Å². The summed E-state index contributed by atoms with van der Waals surface area (Å²) in [7, 11) is 5.44. The number of nitrogens with one attached hydrogen (secondary N) is 4. The molecule has 1 aromatic carbocycles. The summed E-state index contributed by atoms with van der Waals surface area (Å²) in [6.07, 6.45) is 10.1. The highest BCUT2D eigenvalue weighted by Gasteiger charge is 2.14. The molecule has 3 heterocycles. The summed E-state index contributed by atoms with van der Waals surface area (Å²) < 4.78 is 5.48. The van der Waals surface area contributed by atoms with Gasteiger partial charge in [-0.1, -0.05) is 25.3 Å². The Labute approximate surface area is 200 Å². The van der Waals surface area contributed by atoms with E-state index < -0.39 is 0 Å². The van der Waals surface area contributed by atoms with E-state index in [2.05, 4.69) is 38.9 Å². The van der Waals surface area contributed by atoms with Crippen LogP contribution in [0.3, 0.4) is 0 Å². The van der Waals surface area contributed by atoms with Crippen LogP contribution < -0.4 is 20.7 Å². The maximum absolute atomic E-state index is 5.48. The zero-order chi connectivity index (χ0) is 23.9. The summed E-state index contributed by atoms with van der Waals surface area (Å²) >= 11 is 0. The molecule has 1 aliphatic rings. The van der Waals surface area contributed by atoms with Gasteiger partial charge in [0, 0.05) is 24.2 Å². The fourth-order valence-corrected chi connectivity index (χ4v) is 4.50. The lowest BCUT2D eigenvalue weighted by molar-refractivity contribution is 0.419. The lowest BCUT2D eigenvalue weighted by atomic mass is 9.95. The third-order valence-corrected chi connectivity index (χ3v) is 6.12. The van der Waals surface area contributed by atoms with Crippen molar-refractivity contribution in [1.82, 2.24) is 25.3 Å². The summed E-state index contributed by atoms with van der Waals surface area (Å²) in [5.74, 6) is 2.44. The van der Waals surface area contributed by atoms with Gasteiger partial charge in [0.05, 0.1) is 18.8 Å². The third-order valence-electron chi connectivity index (χ3n) is 6.12. The maximum Gasteiger partial charge on any atom is 0.182 e. The topological polar surface area (TPSA) is 99.8 Å². The fourth-order valence-electron chi connectivity index (χ4n) is 4.50. The predicted octanol–water partition coefficient (Wildman–Crippen LogP) is 5.02. The second kappa shape index (κ2) is 11.2. The highest BCUT2D eigenvalue weighted by molar-refractivity contribution is 5.91. The number of aromatic amines is 1. The van der Waals surface area contributed by atoms with E-state index in [1.54, 1.807) is 13.3 Å². The van der Waals surface area contributed by atoms with Crippen molar-refractivity contribution < 1.29 is 4.74 Å². The molecule has 5 rings (SSSR count). The highest BCUT2D eigenvalue weighted by atomic mass is 16.5. The molecule has 180 valence electrons. The zero-order valence-electron chi connectivity index (χ0n) is 20.5. The average molecular weight is 462 g/mol. The molecule has 4 aromatic rings. The van der Waals surface area contributed by atoms with Crippen molar-refractivity contribution in [2.24, 2.45) is 0 Å². The molecule has 1 saturated carbocycles. The second-order valence-electron chi connectivity index (χ2n) is 8.78. The van der Waals surface area contributed by atoms with Crippen LogP contribution in [0.5, 0.6) is 5.75 Å². The monoisotopic (exact) mass is 461 g/mol.